The Hall–Kier alpha value is -0.450. The van der Waals surface area contributed by atoms with Crippen LogP contribution in [0.3, 0.4) is 0 Å². The van der Waals surface area contributed by atoms with Gasteiger partial charge < -0.3 is 9.84 Å². The second kappa shape index (κ2) is 3.36. The summed E-state index contributed by atoms with van der Waals surface area (Å²) >= 11 is 2.20. The van der Waals surface area contributed by atoms with E-state index >= 15 is 0 Å². The number of hydrogen-bond acceptors (Lipinski definition) is 2. The maximum Gasteiger partial charge on any atom is 0.164 e. The van der Waals surface area contributed by atoms with Crippen molar-refractivity contribution in [3.63, 3.8) is 0 Å². The average molecular weight is 290 g/mol. The second-order valence-corrected chi connectivity index (χ2v) is 4.78. The van der Waals surface area contributed by atoms with Crippen LogP contribution in [0.4, 0.5) is 0 Å². The Kier molecular flexibility index (Phi) is 2.36. The number of aromatic hydroxyl groups is 1. The first kappa shape index (κ1) is 9.12. The zero-order chi connectivity index (χ0) is 9.42. The predicted octanol–water partition coefficient (Wildman–Crippen LogP) is 2.57. The third-order valence-electron chi connectivity index (χ3n) is 2.19. The van der Waals surface area contributed by atoms with Crippen LogP contribution < -0.4 is 4.74 Å². The van der Waals surface area contributed by atoms with Crippen molar-refractivity contribution in [1.29, 1.82) is 0 Å². The van der Waals surface area contributed by atoms with Gasteiger partial charge in [0.1, 0.15) is 0 Å². The number of fused-ring (bicyclic) bond motifs is 1. The standard InChI is InChI=1S/C10H11IO2/c1-6-2-7-3-8(11)4-9(12)10(7)13-5-6/h3-4,6,12H,2,5H2,1H3/t6-/m1/s1. The molecule has 1 aliphatic rings. The maximum absolute atomic E-state index is 9.59. The summed E-state index contributed by atoms with van der Waals surface area (Å²) in [6.45, 7) is 2.86. The molecular formula is C10H11IO2. The fourth-order valence-corrected chi connectivity index (χ4v) is 2.28. The van der Waals surface area contributed by atoms with E-state index in [1.54, 1.807) is 6.07 Å². The van der Waals surface area contributed by atoms with Crippen LogP contribution in [0.25, 0.3) is 0 Å². The van der Waals surface area contributed by atoms with Gasteiger partial charge in [0.25, 0.3) is 0 Å². The lowest BCUT2D eigenvalue weighted by molar-refractivity contribution is 0.224. The number of halogens is 1. The summed E-state index contributed by atoms with van der Waals surface area (Å²) in [7, 11) is 0. The molecule has 0 unspecified atom stereocenters. The summed E-state index contributed by atoms with van der Waals surface area (Å²) in [5.74, 6) is 1.50. The molecule has 0 radical (unpaired) electrons. The largest absolute Gasteiger partial charge is 0.504 e. The molecule has 70 valence electrons. The molecule has 1 N–H and O–H groups in total. The van der Waals surface area contributed by atoms with Crippen LogP contribution in [0.1, 0.15) is 12.5 Å². The third kappa shape index (κ3) is 1.75. The van der Waals surface area contributed by atoms with Crippen LogP contribution in [-0.4, -0.2) is 11.7 Å². The van der Waals surface area contributed by atoms with Gasteiger partial charge in [-0.2, -0.15) is 0 Å². The zero-order valence-corrected chi connectivity index (χ0v) is 9.54. The highest BCUT2D eigenvalue weighted by molar-refractivity contribution is 14.1. The molecular weight excluding hydrogens is 279 g/mol. The van der Waals surface area contributed by atoms with Gasteiger partial charge in [-0.25, -0.2) is 0 Å². The first-order valence-corrected chi connectivity index (χ1v) is 5.39. The topological polar surface area (TPSA) is 29.5 Å². The summed E-state index contributed by atoms with van der Waals surface area (Å²) in [4.78, 5) is 0. The number of hydrogen-bond donors (Lipinski definition) is 1. The molecule has 13 heavy (non-hydrogen) atoms. The van der Waals surface area contributed by atoms with Crippen molar-refractivity contribution in [3.8, 4) is 11.5 Å². The molecule has 1 aromatic carbocycles. The van der Waals surface area contributed by atoms with Crippen molar-refractivity contribution in [1.82, 2.24) is 0 Å². The molecule has 2 nitrogen and oxygen atoms in total. The average Bonchev–Trinajstić information content (AvgIpc) is 2.02. The van der Waals surface area contributed by atoms with Gasteiger partial charge in [0, 0.05) is 3.57 Å². The van der Waals surface area contributed by atoms with Gasteiger partial charge >= 0.3 is 0 Å². The summed E-state index contributed by atoms with van der Waals surface area (Å²) in [5.41, 5.74) is 1.13. The molecule has 1 heterocycles. The molecule has 0 aromatic heterocycles. The van der Waals surface area contributed by atoms with Crippen LogP contribution >= 0.6 is 22.6 Å². The van der Waals surface area contributed by atoms with Gasteiger partial charge in [-0.15, -0.1) is 0 Å². The molecule has 1 aliphatic heterocycles. The number of phenols is 1. The molecule has 0 saturated carbocycles. The Morgan fingerprint density at radius 2 is 2.31 bits per heavy atom. The number of phenolic OH excluding ortho intramolecular Hbond substituents is 1. The van der Waals surface area contributed by atoms with E-state index in [4.69, 9.17) is 4.74 Å². The smallest absolute Gasteiger partial charge is 0.164 e. The summed E-state index contributed by atoms with van der Waals surface area (Å²) in [5, 5.41) is 9.59. The van der Waals surface area contributed by atoms with Gasteiger partial charge in [0.2, 0.25) is 0 Å². The van der Waals surface area contributed by atoms with E-state index in [1.807, 2.05) is 0 Å². The number of benzene rings is 1. The summed E-state index contributed by atoms with van der Waals surface area (Å²) in [6, 6.07) is 3.81. The molecule has 0 spiro atoms. The summed E-state index contributed by atoms with van der Waals surface area (Å²) in [6.07, 6.45) is 1.000. The molecule has 0 saturated heterocycles. The van der Waals surface area contributed by atoms with E-state index in [1.165, 1.54) is 0 Å². The highest BCUT2D eigenvalue weighted by atomic mass is 127. The van der Waals surface area contributed by atoms with Gasteiger partial charge in [-0.1, -0.05) is 6.92 Å². The quantitative estimate of drug-likeness (QED) is 0.744. The first-order valence-electron chi connectivity index (χ1n) is 4.31. The van der Waals surface area contributed by atoms with Crippen LogP contribution in [-0.2, 0) is 6.42 Å². The van der Waals surface area contributed by atoms with Crippen molar-refractivity contribution in [2.45, 2.75) is 13.3 Å². The Bertz CT molecular complexity index is 336. The lowest BCUT2D eigenvalue weighted by atomic mass is 9.98. The highest BCUT2D eigenvalue weighted by Crippen LogP contribution is 2.36. The Labute approximate surface area is 91.1 Å². The van der Waals surface area contributed by atoms with Crippen molar-refractivity contribution in [2.75, 3.05) is 6.61 Å². The molecule has 1 atom stereocenters. The van der Waals surface area contributed by atoms with Gasteiger partial charge in [0.05, 0.1) is 6.61 Å². The SMILES string of the molecule is C[C@H]1COc2c(O)cc(I)cc2C1. The van der Waals surface area contributed by atoms with E-state index in [0.29, 0.717) is 18.3 Å². The molecule has 2 rings (SSSR count). The lowest BCUT2D eigenvalue weighted by Crippen LogP contribution is -2.18. The molecule has 0 bridgehead atoms. The Morgan fingerprint density at radius 3 is 3.08 bits per heavy atom. The number of ether oxygens (including phenoxy) is 1. The maximum atomic E-state index is 9.59. The van der Waals surface area contributed by atoms with Crippen LogP contribution in [0.2, 0.25) is 0 Å². The van der Waals surface area contributed by atoms with Gasteiger partial charge in [-0.3, -0.25) is 0 Å². The monoisotopic (exact) mass is 290 g/mol. The van der Waals surface area contributed by atoms with Crippen molar-refractivity contribution < 1.29 is 9.84 Å². The van der Waals surface area contributed by atoms with Gasteiger partial charge in [0.15, 0.2) is 11.5 Å². The van der Waals surface area contributed by atoms with Gasteiger partial charge in [-0.05, 0) is 52.6 Å². The molecule has 1 aromatic rings. The Balaban J connectivity index is 2.47. The van der Waals surface area contributed by atoms with E-state index < -0.39 is 0 Å². The molecule has 0 aliphatic carbocycles. The normalized spacial score (nSPS) is 20.6. The second-order valence-electron chi connectivity index (χ2n) is 3.53. The van der Waals surface area contributed by atoms with Crippen LogP contribution in [0.5, 0.6) is 11.5 Å². The van der Waals surface area contributed by atoms with Crippen molar-refractivity contribution in [2.24, 2.45) is 5.92 Å². The van der Waals surface area contributed by atoms with E-state index in [2.05, 4.69) is 35.6 Å². The predicted molar refractivity (Wildman–Crippen MR) is 59.2 cm³/mol. The molecule has 0 amide bonds. The van der Waals surface area contributed by atoms with E-state index in [9.17, 15) is 5.11 Å². The van der Waals surface area contributed by atoms with Crippen LogP contribution in [0, 0.1) is 9.49 Å². The van der Waals surface area contributed by atoms with E-state index in [0.717, 1.165) is 15.6 Å². The minimum absolute atomic E-state index is 0.272. The zero-order valence-electron chi connectivity index (χ0n) is 7.38. The number of rotatable bonds is 0. The molecule has 0 fully saturated rings. The minimum atomic E-state index is 0.272. The lowest BCUT2D eigenvalue weighted by Gasteiger charge is -2.23. The third-order valence-corrected chi connectivity index (χ3v) is 2.81. The fourth-order valence-electron chi connectivity index (χ4n) is 1.61. The summed E-state index contributed by atoms with van der Waals surface area (Å²) < 4.78 is 6.53. The van der Waals surface area contributed by atoms with Crippen molar-refractivity contribution in [3.05, 3.63) is 21.3 Å². The Morgan fingerprint density at radius 1 is 1.54 bits per heavy atom. The van der Waals surface area contributed by atoms with Crippen LogP contribution in [0.15, 0.2) is 12.1 Å². The highest BCUT2D eigenvalue weighted by Gasteiger charge is 2.19. The fraction of sp³-hybridized carbons (Fsp3) is 0.400. The van der Waals surface area contributed by atoms with Crippen molar-refractivity contribution >= 4 is 22.6 Å². The minimum Gasteiger partial charge on any atom is -0.504 e. The molecule has 3 heteroatoms. The van der Waals surface area contributed by atoms with E-state index in [-0.39, 0.29) is 5.75 Å². The first-order chi connectivity index (χ1) is 6.16.